The molecule has 0 bridgehead atoms. The monoisotopic (exact) mass is 145 g/mol. The van der Waals surface area contributed by atoms with Gasteiger partial charge in [-0.1, -0.05) is 0 Å². The molecular weight excluding hydrogens is 131 g/mol. The molecular formula is C6H14AlO2. The van der Waals surface area contributed by atoms with E-state index in [9.17, 15) is 0 Å². The van der Waals surface area contributed by atoms with Crippen LogP contribution in [0.4, 0.5) is 0 Å². The first-order chi connectivity index (χ1) is 4.13. The molecule has 2 nitrogen and oxygen atoms in total. The lowest BCUT2D eigenvalue weighted by atomic mass is 10.5. The van der Waals surface area contributed by atoms with Crippen molar-refractivity contribution >= 4 is 15.9 Å². The molecule has 9 heavy (non-hydrogen) atoms. The highest BCUT2D eigenvalue weighted by molar-refractivity contribution is 6.18. The van der Waals surface area contributed by atoms with Crippen molar-refractivity contribution in [1.82, 2.24) is 0 Å². The maximum atomic E-state index is 5.21. The second-order valence-electron chi connectivity index (χ2n) is 2.47. The molecule has 0 saturated heterocycles. The highest BCUT2D eigenvalue weighted by atomic mass is 27.2. The Morgan fingerprint density at radius 3 is 1.44 bits per heavy atom. The van der Waals surface area contributed by atoms with Gasteiger partial charge >= 0.3 is 15.9 Å². The molecule has 0 aromatic heterocycles. The van der Waals surface area contributed by atoms with Gasteiger partial charge in [0.2, 0.25) is 0 Å². The minimum Gasteiger partial charge on any atom is -0.482 e. The molecule has 0 spiro atoms. The van der Waals surface area contributed by atoms with Crippen molar-refractivity contribution < 1.29 is 7.58 Å². The van der Waals surface area contributed by atoms with E-state index in [4.69, 9.17) is 7.58 Å². The van der Waals surface area contributed by atoms with Gasteiger partial charge in [0.15, 0.2) is 0 Å². The van der Waals surface area contributed by atoms with Crippen LogP contribution in [0.1, 0.15) is 27.7 Å². The number of rotatable bonds is 4. The quantitative estimate of drug-likeness (QED) is 0.556. The lowest BCUT2D eigenvalue weighted by Gasteiger charge is -2.09. The second kappa shape index (κ2) is 5.25. The Balaban J connectivity index is 2.91. The van der Waals surface area contributed by atoms with Crippen molar-refractivity contribution in [1.29, 1.82) is 0 Å². The lowest BCUT2D eigenvalue weighted by molar-refractivity contribution is 0.152. The topological polar surface area (TPSA) is 18.5 Å². The van der Waals surface area contributed by atoms with Crippen molar-refractivity contribution in [2.75, 3.05) is 0 Å². The zero-order valence-corrected chi connectivity index (χ0v) is 7.70. The highest BCUT2D eigenvalue weighted by Crippen LogP contribution is 1.89. The van der Waals surface area contributed by atoms with Crippen LogP contribution in [0.5, 0.6) is 0 Å². The van der Waals surface area contributed by atoms with Gasteiger partial charge in [-0.3, -0.25) is 0 Å². The molecule has 0 aliphatic rings. The van der Waals surface area contributed by atoms with Crippen LogP contribution in [0.25, 0.3) is 0 Å². The molecule has 0 aromatic rings. The van der Waals surface area contributed by atoms with Crippen molar-refractivity contribution in [2.45, 2.75) is 39.9 Å². The smallest absolute Gasteiger partial charge is 0.482 e. The maximum Gasteiger partial charge on any atom is 0.668 e. The zero-order chi connectivity index (χ0) is 7.28. The van der Waals surface area contributed by atoms with E-state index in [1.165, 1.54) is 0 Å². The lowest BCUT2D eigenvalue weighted by Crippen LogP contribution is -2.14. The van der Waals surface area contributed by atoms with Gasteiger partial charge < -0.3 is 7.58 Å². The van der Waals surface area contributed by atoms with Gasteiger partial charge in [-0.05, 0) is 27.7 Å². The van der Waals surface area contributed by atoms with Gasteiger partial charge in [0.25, 0.3) is 0 Å². The third-order valence-electron chi connectivity index (χ3n) is 0.655. The fourth-order valence-electron chi connectivity index (χ4n) is 0.254. The van der Waals surface area contributed by atoms with E-state index in [1.54, 1.807) is 0 Å². The summed E-state index contributed by atoms with van der Waals surface area (Å²) in [7, 11) is 0. The minimum atomic E-state index is -0.245. The molecule has 0 aliphatic carbocycles. The normalized spacial score (nSPS) is 10.9. The zero-order valence-electron chi connectivity index (χ0n) is 6.55. The summed E-state index contributed by atoms with van der Waals surface area (Å²) in [5, 5.41) is 0. The van der Waals surface area contributed by atoms with E-state index in [1.807, 2.05) is 27.7 Å². The average molecular weight is 145 g/mol. The van der Waals surface area contributed by atoms with Gasteiger partial charge in [-0.2, -0.15) is 0 Å². The van der Waals surface area contributed by atoms with E-state index in [0.29, 0.717) is 12.2 Å². The molecule has 0 amide bonds. The van der Waals surface area contributed by atoms with E-state index in [0.717, 1.165) is 0 Å². The number of hydrogen-bond donors (Lipinski definition) is 0. The molecule has 0 heterocycles. The predicted molar refractivity (Wildman–Crippen MR) is 38.2 cm³/mol. The van der Waals surface area contributed by atoms with Crippen molar-refractivity contribution in [3.05, 3.63) is 0 Å². The molecule has 0 aliphatic heterocycles. The standard InChI is InChI=1S/2C3H7O.Al/c2*1-3(2)4;/h2*3H,1-2H3;/q2*-1;+2. The van der Waals surface area contributed by atoms with Crippen LogP contribution in [-0.2, 0) is 7.58 Å². The Morgan fingerprint density at radius 2 is 1.22 bits per heavy atom. The summed E-state index contributed by atoms with van der Waals surface area (Å²) in [5.41, 5.74) is 0. The molecule has 3 heteroatoms. The third kappa shape index (κ3) is 8.45. The summed E-state index contributed by atoms with van der Waals surface area (Å²) >= 11 is -0.245. The summed E-state index contributed by atoms with van der Waals surface area (Å²) in [4.78, 5) is 0. The minimum absolute atomic E-state index is 0.245. The van der Waals surface area contributed by atoms with Gasteiger partial charge in [0.05, 0.1) is 0 Å². The van der Waals surface area contributed by atoms with Crippen molar-refractivity contribution in [3.63, 3.8) is 0 Å². The molecule has 0 atom stereocenters. The number of hydrogen-bond acceptors (Lipinski definition) is 2. The Morgan fingerprint density at radius 1 is 0.889 bits per heavy atom. The fraction of sp³-hybridized carbons (Fsp3) is 1.00. The van der Waals surface area contributed by atoms with Crippen molar-refractivity contribution in [2.24, 2.45) is 0 Å². The predicted octanol–water partition coefficient (Wildman–Crippen LogP) is 1.37. The molecule has 53 valence electrons. The van der Waals surface area contributed by atoms with Crippen LogP contribution < -0.4 is 0 Å². The van der Waals surface area contributed by atoms with Crippen LogP contribution in [0.3, 0.4) is 0 Å². The van der Waals surface area contributed by atoms with Gasteiger partial charge in [-0.15, -0.1) is 0 Å². The molecule has 1 radical (unpaired) electrons. The summed E-state index contributed by atoms with van der Waals surface area (Å²) in [6, 6.07) is 0. The molecule has 0 unspecified atom stereocenters. The molecule has 0 aromatic carbocycles. The van der Waals surface area contributed by atoms with Gasteiger partial charge in [0, 0.05) is 12.2 Å². The average Bonchev–Trinajstić information content (AvgIpc) is 1.63. The highest BCUT2D eigenvalue weighted by Gasteiger charge is 2.01. The summed E-state index contributed by atoms with van der Waals surface area (Å²) in [5.74, 6) is 0. The van der Waals surface area contributed by atoms with Crippen LogP contribution in [0, 0.1) is 0 Å². The van der Waals surface area contributed by atoms with Crippen LogP contribution >= 0.6 is 0 Å². The van der Waals surface area contributed by atoms with E-state index < -0.39 is 0 Å². The summed E-state index contributed by atoms with van der Waals surface area (Å²) < 4.78 is 10.4. The van der Waals surface area contributed by atoms with Crippen LogP contribution in [-0.4, -0.2) is 28.1 Å². The molecule has 0 N–H and O–H groups in total. The maximum absolute atomic E-state index is 5.21. The SMILES string of the molecule is CC(C)[O][Al][O]C(C)C. The van der Waals surface area contributed by atoms with Crippen LogP contribution in [0.15, 0.2) is 0 Å². The Kier molecular flexibility index (Phi) is 5.52. The third-order valence-corrected chi connectivity index (χ3v) is 1.97. The van der Waals surface area contributed by atoms with Crippen LogP contribution in [0.2, 0.25) is 0 Å². The Hall–Kier alpha value is 0.452. The Labute approximate surface area is 63.9 Å². The van der Waals surface area contributed by atoms with Crippen molar-refractivity contribution in [3.8, 4) is 0 Å². The van der Waals surface area contributed by atoms with Gasteiger partial charge in [-0.25, -0.2) is 0 Å². The molecule has 0 fully saturated rings. The largest absolute Gasteiger partial charge is 0.668 e. The molecule has 0 rings (SSSR count). The first-order valence-electron chi connectivity index (χ1n) is 3.25. The fourth-order valence-corrected chi connectivity index (χ4v) is 0.763. The Bertz CT molecular complexity index is 56.1. The summed E-state index contributed by atoms with van der Waals surface area (Å²) in [6.07, 6.45) is 0.609. The van der Waals surface area contributed by atoms with Gasteiger partial charge in [0.1, 0.15) is 0 Å². The first kappa shape index (κ1) is 9.45. The van der Waals surface area contributed by atoms with E-state index >= 15 is 0 Å². The second-order valence-corrected chi connectivity index (χ2v) is 3.20. The molecule has 0 saturated carbocycles. The van der Waals surface area contributed by atoms with E-state index in [2.05, 4.69) is 0 Å². The summed E-state index contributed by atoms with van der Waals surface area (Å²) in [6.45, 7) is 8.04. The van der Waals surface area contributed by atoms with E-state index in [-0.39, 0.29) is 15.9 Å². The first-order valence-corrected chi connectivity index (χ1v) is 4.20.